The van der Waals surface area contributed by atoms with Crippen LogP contribution in [0.4, 0.5) is 17.1 Å². The number of ether oxygens (including phenoxy) is 2. The van der Waals surface area contributed by atoms with Crippen LogP contribution >= 0.6 is 0 Å². The molecule has 0 unspecified atom stereocenters. The zero-order valence-corrected chi connectivity index (χ0v) is 38.8. The molecular formula is C68H41NO3. The first-order valence-electron chi connectivity index (χ1n) is 24.7. The first-order chi connectivity index (χ1) is 35.7. The van der Waals surface area contributed by atoms with Crippen molar-refractivity contribution in [3.8, 4) is 56.4 Å². The molecule has 3 heterocycles. The summed E-state index contributed by atoms with van der Waals surface area (Å²) in [6, 6.07) is 90.3. The molecule has 0 radical (unpaired) electrons. The normalized spacial score (nSPS) is 14.3. The second-order valence-corrected chi connectivity index (χ2v) is 19.4. The van der Waals surface area contributed by atoms with E-state index in [-0.39, 0.29) is 0 Å². The van der Waals surface area contributed by atoms with E-state index in [1.54, 1.807) is 0 Å². The summed E-state index contributed by atoms with van der Waals surface area (Å²) in [5, 5.41) is 2.25. The molecule has 16 rings (SSSR count). The molecule has 2 aliphatic heterocycles. The van der Waals surface area contributed by atoms with Crippen LogP contribution in [0.1, 0.15) is 44.5 Å². The van der Waals surface area contributed by atoms with E-state index >= 15 is 0 Å². The smallest absolute Gasteiger partial charge is 0.136 e. The van der Waals surface area contributed by atoms with E-state index in [1.807, 2.05) is 12.1 Å². The van der Waals surface area contributed by atoms with E-state index < -0.39 is 10.8 Å². The van der Waals surface area contributed by atoms with Gasteiger partial charge in [-0.2, -0.15) is 0 Å². The van der Waals surface area contributed by atoms with Gasteiger partial charge in [-0.25, -0.2) is 0 Å². The third-order valence-corrected chi connectivity index (χ3v) is 16.0. The van der Waals surface area contributed by atoms with Gasteiger partial charge in [0.25, 0.3) is 0 Å². The maximum Gasteiger partial charge on any atom is 0.136 e. The van der Waals surface area contributed by atoms with Crippen LogP contribution < -0.4 is 14.4 Å². The molecule has 4 heteroatoms. The summed E-state index contributed by atoms with van der Waals surface area (Å²) < 4.78 is 19.9. The summed E-state index contributed by atoms with van der Waals surface area (Å²) in [5.41, 5.74) is 20.2. The summed E-state index contributed by atoms with van der Waals surface area (Å²) in [6.45, 7) is 0. The molecule has 0 bridgehead atoms. The topological polar surface area (TPSA) is 34.8 Å². The SMILES string of the molecule is c1ccc2c(c1)Oc1ccccc1C21c2ccccc2-c2ccc(N(c3ccc(-c4ccc5c(c4)oc4ccccc45)cc3)c3cccc4c3-c3ccccc3C43c4ccccc4Oc4ccccc43)cc21. The van der Waals surface area contributed by atoms with Gasteiger partial charge in [0.1, 0.15) is 34.2 Å². The number of benzene rings is 11. The van der Waals surface area contributed by atoms with Gasteiger partial charge in [-0.15, -0.1) is 0 Å². The standard InChI is InChI=1S/C68H41NO3/c1-4-19-51-46(16-1)47-39-37-45(41-58(47)68(51)55-23-8-13-30-63(55)72-64-31-14-9-24-56(64)68)69(44-35-32-42(33-36-44)43-34-38-49-48-17-3-10-27-60(48)70-65(49)40-43)59-26-15-25-57-66(59)50-18-2-5-20-52(50)67(57)53-21-6-11-28-61(53)71-62-29-12-7-22-54(62)67/h1-41H. The van der Waals surface area contributed by atoms with Crippen LogP contribution in [0.2, 0.25) is 0 Å². The van der Waals surface area contributed by atoms with E-state index in [9.17, 15) is 0 Å². The van der Waals surface area contributed by atoms with Crippen LogP contribution in [0.3, 0.4) is 0 Å². The zero-order valence-electron chi connectivity index (χ0n) is 38.8. The van der Waals surface area contributed by atoms with Gasteiger partial charge in [0.2, 0.25) is 0 Å². The quantitative estimate of drug-likeness (QED) is 0.176. The molecule has 0 saturated carbocycles. The van der Waals surface area contributed by atoms with Crippen LogP contribution in [0.15, 0.2) is 253 Å². The van der Waals surface area contributed by atoms with E-state index in [0.29, 0.717) is 0 Å². The minimum Gasteiger partial charge on any atom is -0.457 e. The van der Waals surface area contributed by atoms with E-state index in [1.165, 1.54) is 44.5 Å². The molecule has 4 nitrogen and oxygen atoms in total. The number of furan rings is 1. The molecule has 4 aliphatic rings. The number of nitrogens with zero attached hydrogens (tertiary/aromatic N) is 1. The van der Waals surface area contributed by atoms with E-state index in [0.717, 1.165) is 95.4 Å². The first-order valence-corrected chi connectivity index (χ1v) is 24.7. The maximum absolute atomic E-state index is 6.76. The van der Waals surface area contributed by atoms with Gasteiger partial charge < -0.3 is 18.8 Å². The second kappa shape index (κ2) is 14.6. The van der Waals surface area contributed by atoms with Crippen molar-refractivity contribution < 1.29 is 13.9 Å². The number of anilines is 3. The van der Waals surface area contributed by atoms with E-state index in [2.05, 4.69) is 241 Å². The van der Waals surface area contributed by atoms with Crippen molar-refractivity contribution in [2.45, 2.75) is 10.8 Å². The Kier molecular flexibility index (Phi) is 7.99. The molecule has 2 aliphatic carbocycles. The third kappa shape index (κ3) is 5.10. The van der Waals surface area contributed by atoms with Gasteiger partial charge in [-0.1, -0.05) is 176 Å². The summed E-state index contributed by atoms with van der Waals surface area (Å²) >= 11 is 0. The Morgan fingerprint density at radius 1 is 0.292 bits per heavy atom. The number of para-hydroxylation sites is 5. The lowest BCUT2D eigenvalue weighted by Gasteiger charge is -2.40. The lowest BCUT2D eigenvalue weighted by atomic mass is 9.66. The van der Waals surface area contributed by atoms with Crippen molar-refractivity contribution >= 4 is 39.0 Å². The summed E-state index contributed by atoms with van der Waals surface area (Å²) in [4.78, 5) is 2.49. The Labute approximate surface area is 416 Å². The van der Waals surface area contributed by atoms with Crippen LogP contribution in [0, 0.1) is 0 Å². The minimum atomic E-state index is -0.636. The molecule has 2 spiro atoms. The number of hydrogen-bond donors (Lipinski definition) is 0. The Hall–Kier alpha value is -9.38. The van der Waals surface area contributed by atoms with Crippen molar-refractivity contribution in [1.82, 2.24) is 0 Å². The van der Waals surface area contributed by atoms with Crippen molar-refractivity contribution in [3.63, 3.8) is 0 Å². The fraction of sp³-hybridized carbons (Fsp3) is 0.0294. The lowest BCUT2D eigenvalue weighted by Crippen LogP contribution is -2.32. The highest BCUT2D eigenvalue weighted by Crippen LogP contribution is 2.66. The molecule has 0 atom stereocenters. The summed E-state index contributed by atoms with van der Waals surface area (Å²) in [7, 11) is 0. The van der Waals surface area contributed by atoms with Gasteiger partial charge >= 0.3 is 0 Å². The highest BCUT2D eigenvalue weighted by atomic mass is 16.5. The molecule has 0 saturated heterocycles. The molecule has 0 fully saturated rings. The zero-order chi connectivity index (χ0) is 47.1. The Bertz CT molecular complexity index is 4170. The lowest BCUT2D eigenvalue weighted by molar-refractivity contribution is 0.436. The monoisotopic (exact) mass is 919 g/mol. The Morgan fingerprint density at radius 2 is 0.764 bits per heavy atom. The van der Waals surface area contributed by atoms with Crippen LogP contribution in [-0.2, 0) is 10.8 Å². The highest BCUT2D eigenvalue weighted by molar-refractivity contribution is 6.06. The number of fused-ring (bicyclic) bond motifs is 21. The molecule has 0 amide bonds. The average Bonchev–Trinajstić information content (AvgIpc) is 4.07. The van der Waals surface area contributed by atoms with Crippen molar-refractivity contribution in [3.05, 3.63) is 293 Å². The van der Waals surface area contributed by atoms with Crippen LogP contribution in [0.25, 0.3) is 55.3 Å². The molecular weight excluding hydrogens is 879 g/mol. The largest absolute Gasteiger partial charge is 0.457 e. The van der Waals surface area contributed by atoms with Gasteiger partial charge in [0.05, 0.1) is 16.5 Å². The molecule has 11 aromatic carbocycles. The Morgan fingerprint density at radius 3 is 1.42 bits per heavy atom. The third-order valence-electron chi connectivity index (χ3n) is 16.0. The van der Waals surface area contributed by atoms with E-state index in [4.69, 9.17) is 13.9 Å². The molecule has 72 heavy (non-hydrogen) atoms. The highest BCUT2D eigenvalue weighted by Gasteiger charge is 2.53. The molecule has 336 valence electrons. The van der Waals surface area contributed by atoms with Gasteiger partial charge in [0.15, 0.2) is 0 Å². The number of rotatable bonds is 4. The second-order valence-electron chi connectivity index (χ2n) is 19.4. The van der Waals surface area contributed by atoms with Crippen molar-refractivity contribution in [2.75, 3.05) is 4.90 Å². The molecule has 1 aromatic heterocycles. The fourth-order valence-corrected chi connectivity index (χ4v) is 13.2. The predicted octanol–water partition coefficient (Wildman–Crippen LogP) is 17.7. The van der Waals surface area contributed by atoms with Crippen molar-refractivity contribution in [1.29, 1.82) is 0 Å². The minimum absolute atomic E-state index is 0.628. The summed E-state index contributed by atoms with van der Waals surface area (Å²) in [6.07, 6.45) is 0. The molecule has 12 aromatic rings. The first kappa shape index (κ1) is 39.5. The summed E-state index contributed by atoms with van der Waals surface area (Å²) in [5.74, 6) is 3.49. The van der Waals surface area contributed by atoms with Gasteiger partial charge in [-0.3, -0.25) is 0 Å². The Balaban J connectivity index is 0.960. The molecule has 0 N–H and O–H groups in total. The maximum atomic E-state index is 6.76. The predicted molar refractivity (Wildman–Crippen MR) is 289 cm³/mol. The van der Waals surface area contributed by atoms with Gasteiger partial charge in [-0.05, 0) is 123 Å². The number of hydrogen-bond acceptors (Lipinski definition) is 4. The van der Waals surface area contributed by atoms with Crippen LogP contribution in [0.5, 0.6) is 23.0 Å². The van der Waals surface area contributed by atoms with Crippen molar-refractivity contribution in [2.24, 2.45) is 0 Å². The fourth-order valence-electron chi connectivity index (χ4n) is 13.2. The van der Waals surface area contributed by atoms with Crippen LogP contribution in [-0.4, -0.2) is 0 Å². The average molecular weight is 920 g/mol. The van der Waals surface area contributed by atoms with Gasteiger partial charge in [0, 0.05) is 50.0 Å².